The van der Waals surface area contributed by atoms with Gasteiger partial charge in [-0.05, 0) is 0 Å². The number of hydrogen-bond acceptors (Lipinski definition) is 4. The lowest BCUT2D eigenvalue weighted by Crippen LogP contribution is -2.42. The lowest BCUT2D eigenvalue weighted by Gasteiger charge is -2.21. The number of aliphatic hydroxyl groups excluding tert-OH is 2. The molecule has 10 heavy (non-hydrogen) atoms. The highest BCUT2D eigenvalue weighted by Crippen LogP contribution is 1.95. The van der Waals surface area contributed by atoms with Crippen LogP contribution in [0.1, 0.15) is 0 Å². The molecule has 1 aliphatic heterocycles. The Bertz CT molecular complexity index is 87.0. The minimum Gasteiger partial charge on any atom is -0.389 e. The van der Waals surface area contributed by atoms with E-state index in [4.69, 9.17) is 14.9 Å². The van der Waals surface area contributed by atoms with E-state index in [1.165, 1.54) is 0 Å². The fourth-order valence-corrected chi connectivity index (χ4v) is 0.845. The molecule has 0 aromatic carbocycles. The molecule has 0 unspecified atom stereocenters. The van der Waals surface area contributed by atoms with Gasteiger partial charge < -0.3 is 20.3 Å². The molecule has 0 aliphatic carbocycles. The van der Waals surface area contributed by atoms with Crippen LogP contribution in [0.15, 0.2) is 0 Å². The Morgan fingerprint density at radius 1 is 1.30 bits per heavy atom. The molecular formula is C6H13NO3. The summed E-state index contributed by atoms with van der Waals surface area (Å²) in [7, 11) is 0. The molecule has 1 saturated heterocycles. The average molecular weight is 147 g/mol. The molecule has 60 valence electrons. The van der Waals surface area contributed by atoms with Crippen LogP contribution in [0.3, 0.4) is 0 Å². The number of nitrogens with one attached hydrogen (secondary N) is 1. The van der Waals surface area contributed by atoms with E-state index < -0.39 is 12.2 Å². The molecule has 1 aliphatic rings. The van der Waals surface area contributed by atoms with Crippen molar-refractivity contribution in [3.05, 3.63) is 0 Å². The molecule has 3 N–H and O–H groups in total. The zero-order valence-electron chi connectivity index (χ0n) is 5.79. The Hall–Kier alpha value is -0.160. The summed E-state index contributed by atoms with van der Waals surface area (Å²) in [5, 5.41) is 21.1. The minimum absolute atomic E-state index is 0.239. The summed E-state index contributed by atoms with van der Waals surface area (Å²) in [5.74, 6) is 0. The van der Waals surface area contributed by atoms with Crippen molar-refractivity contribution in [3.8, 4) is 0 Å². The van der Waals surface area contributed by atoms with Crippen LogP contribution in [-0.2, 0) is 4.74 Å². The van der Waals surface area contributed by atoms with Crippen LogP contribution >= 0.6 is 0 Å². The van der Waals surface area contributed by atoms with Gasteiger partial charge in [0.15, 0.2) is 0 Å². The molecule has 0 spiro atoms. The first-order valence-electron chi connectivity index (χ1n) is 3.45. The number of hydrogen-bond donors (Lipinski definition) is 3. The van der Waals surface area contributed by atoms with Crippen LogP contribution in [0.25, 0.3) is 0 Å². The summed E-state index contributed by atoms with van der Waals surface area (Å²) < 4.78 is 4.98. The second-order valence-electron chi connectivity index (χ2n) is 2.41. The van der Waals surface area contributed by atoms with Gasteiger partial charge in [0.2, 0.25) is 0 Å². The minimum atomic E-state index is -0.743. The van der Waals surface area contributed by atoms with Gasteiger partial charge in [0.25, 0.3) is 0 Å². The fourth-order valence-electron chi connectivity index (χ4n) is 0.845. The molecule has 2 atom stereocenters. The van der Waals surface area contributed by atoms with Crippen molar-refractivity contribution in [3.63, 3.8) is 0 Å². The third-order valence-electron chi connectivity index (χ3n) is 1.51. The Morgan fingerprint density at radius 3 is 2.90 bits per heavy atom. The van der Waals surface area contributed by atoms with Gasteiger partial charge in [-0.2, -0.15) is 0 Å². The smallest absolute Gasteiger partial charge is 0.104 e. The van der Waals surface area contributed by atoms with Gasteiger partial charge >= 0.3 is 0 Å². The molecule has 1 heterocycles. The molecule has 4 nitrogen and oxygen atoms in total. The summed E-state index contributed by atoms with van der Waals surface area (Å²) in [6.45, 7) is 2.03. The quantitative estimate of drug-likeness (QED) is 0.383. The Labute approximate surface area is 59.8 Å². The van der Waals surface area contributed by atoms with Gasteiger partial charge in [-0.25, -0.2) is 0 Å². The molecule has 0 bridgehead atoms. The fraction of sp³-hybridized carbons (Fsp3) is 1.00. The molecule has 0 saturated carbocycles. The predicted molar refractivity (Wildman–Crippen MR) is 35.7 cm³/mol. The van der Waals surface area contributed by atoms with Crippen molar-refractivity contribution in [2.75, 3.05) is 26.3 Å². The zero-order chi connectivity index (χ0) is 7.40. The third kappa shape index (κ3) is 2.22. The maximum atomic E-state index is 9.09. The van der Waals surface area contributed by atoms with Crippen molar-refractivity contribution in [2.45, 2.75) is 12.2 Å². The molecule has 0 radical (unpaired) electrons. The molecular weight excluding hydrogens is 134 g/mol. The van der Waals surface area contributed by atoms with Gasteiger partial charge in [0, 0.05) is 13.1 Å². The summed E-state index contributed by atoms with van der Waals surface area (Å²) in [6, 6.07) is 0. The first kappa shape index (κ1) is 7.94. The Morgan fingerprint density at radius 2 is 2.10 bits per heavy atom. The lowest BCUT2D eigenvalue weighted by molar-refractivity contribution is -0.0463. The standard InChI is InChI=1S/C6H13NO3/c8-5-3-7-1-2-10-4-6(5)9/h5-9H,1-4H2/t5-,6+/m1/s1. The van der Waals surface area contributed by atoms with Crippen molar-refractivity contribution in [1.29, 1.82) is 0 Å². The van der Waals surface area contributed by atoms with Crippen LogP contribution in [0.4, 0.5) is 0 Å². The van der Waals surface area contributed by atoms with Crippen LogP contribution in [0.5, 0.6) is 0 Å². The molecule has 1 fully saturated rings. The average Bonchev–Trinajstić information content (AvgIpc) is 1.92. The van der Waals surface area contributed by atoms with Gasteiger partial charge in [-0.3, -0.25) is 0 Å². The molecule has 0 aromatic heterocycles. The zero-order valence-corrected chi connectivity index (χ0v) is 5.79. The van der Waals surface area contributed by atoms with Crippen molar-refractivity contribution in [1.82, 2.24) is 5.32 Å². The second kappa shape index (κ2) is 3.88. The number of β-amino-alcohol motifs (C(OH)–C–C–N with tert-alkyl or cyclic N) is 1. The van der Waals surface area contributed by atoms with E-state index in [0.717, 1.165) is 6.54 Å². The van der Waals surface area contributed by atoms with Crippen molar-refractivity contribution in [2.24, 2.45) is 0 Å². The first-order chi connectivity index (χ1) is 4.80. The van der Waals surface area contributed by atoms with Crippen LogP contribution in [0.2, 0.25) is 0 Å². The van der Waals surface area contributed by atoms with E-state index >= 15 is 0 Å². The Balaban J connectivity index is 2.28. The third-order valence-corrected chi connectivity index (χ3v) is 1.51. The summed E-state index contributed by atoms with van der Waals surface area (Å²) >= 11 is 0. The maximum Gasteiger partial charge on any atom is 0.104 e. The van der Waals surface area contributed by atoms with E-state index in [1.54, 1.807) is 0 Å². The van der Waals surface area contributed by atoms with Crippen molar-refractivity contribution >= 4 is 0 Å². The van der Waals surface area contributed by atoms with Crippen LogP contribution in [-0.4, -0.2) is 48.7 Å². The molecule has 1 rings (SSSR count). The highest BCUT2D eigenvalue weighted by molar-refractivity contribution is 4.70. The maximum absolute atomic E-state index is 9.09. The lowest BCUT2D eigenvalue weighted by atomic mass is 10.2. The second-order valence-corrected chi connectivity index (χ2v) is 2.41. The first-order valence-corrected chi connectivity index (χ1v) is 3.45. The summed E-state index contributed by atoms with van der Waals surface area (Å²) in [5.41, 5.74) is 0. The van der Waals surface area contributed by atoms with E-state index in [-0.39, 0.29) is 6.61 Å². The molecule has 0 aromatic rings. The number of aliphatic hydroxyl groups is 2. The van der Waals surface area contributed by atoms with Crippen LogP contribution < -0.4 is 5.32 Å². The van der Waals surface area contributed by atoms with Gasteiger partial charge in [0.05, 0.1) is 19.3 Å². The normalized spacial score (nSPS) is 36.6. The van der Waals surface area contributed by atoms with Gasteiger partial charge in [0.1, 0.15) is 6.10 Å². The molecule has 0 amide bonds. The highest BCUT2D eigenvalue weighted by Gasteiger charge is 2.17. The number of rotatable bonds is 0. The van der Waals surface area contributed by atoms with E-state index in [1.807, 2.05) is 0 Å². The Kier molecular flexibility index (Phi) is 3.08. The summed E-state index contributed by atoms with van der Waals surface area (Å²) in [6.07, 6.45) is -1.44. The number of ether oxygens (including phenoxy) is 1. The predicted octanol–water partition coefficient (Wildman–Crippen LogP) is -1.67. The molecule has 4 heteroatoms. The van der Waals surface area contributed by atoms with E-state index in [0.29, 0.717) is 13.2 Å². The topological polar surface area (TPSA) is 61.7 Å². The van der Waals surface area contributed by atoms with E-state index in [2.05, 4.69) is 5.32 Å². The van der Waals surface area contributed by atoms with E-state index in [9.17, 15) is 0 Å². The largest absolute Gasteiger partial charge is 0.389 e. The SMILES string of the molecule is O[C@@H]1CNCCOC[C@@H]1O. The highest BCUT2D eigenvalue weighted by atomic mass is 16.5. The monoisotopic (exact) mass is 147 g/mol. The van der Waals surface area contributed by atoms with Crippen LogP contribution in [0, 0.1) is 0 Å². The van der Waals surface area contributed by atoms with Gasteiger partial charge in [-0.15, -0.1) is 0 Å². The van der Waals surface area contributed by atoms with Gasteiger partial charge in [-0.1, -0.05) is 0 Å². The van der Waals surface area contributed by atoms with Crippen molar-refractivity contribution < 1.29 is 14.9 Å². The summed E-state index contributed by atoms with van der Waals surface area (Å²) in [4.78, 5) is 0.